The second kappa shape index (κ2) is 3.83. The molecular formula is C11H14N4S. The van der Waals surface area contributed by atoms with Gasteiger partial charge >= 0.3 is 0 Å². The lowest BCUT2D eigenvalue weighted by Gasteiger charge is -2.29. The second-order valence-corrected chi connectivity index (χ2v) is 5.22. The molecule has 0 saturated carbocycles. The molecule has 2 heterocycles. The summed E-state index contributed by atoms with van der Waals surface area (Å²) in [5, 5.41) is 0.531. The van der Waals surface area contributed by atoms with Gasteiger partial charge in [0.25, 0.3) is 0 Å². The number of anilines is 1. The smallest absolute Gasteiger partial charge is 0.159 e. The van der Waals surface area contributed by atoms with E-state index in [1.807, 2.05) is 13.0 Å². The molecule has 1 aromatic heterocycles. The van der Waals surface area contributed by atoms with E-state index >= 15 is 0 Å². The highest BCUT2D eigenvalue weighted by Crippen LogP contribution is 2.39. The van der Waals surface area contributed by atoms with Crippen LogP contribution in [0.15, 0.2) is 34.8 Å². The average molecular weight is 234 g/mol. The number of hydrogen-bond acceptors (Lipinski definition) is 5. The van der Waals surface area contributed by atoms with Crippen molar-refractivity contribution in [2.24, 2.45) is 10.7 Å². The second-order valence-electron chi connectivity index (χ2n) is 4.02. The zero-order valence-corrected chi connectivity index (χ0v) is 9.92. The minimum atomic E-state index is -0.443. The summed E-state index contributed by atoms with van der Waals surface area (Å²) in [6.45, 7) is 5.94. The van der Waals surface area contributed by atoms with Gasteiger partial charge in [0.15, 0.2) is 5.17 Å². The van der Waals surface area contributed by atoms with Crippen molar-refractivity contribution in [3.8, 4) is 0 Å². The third-order valence-electron chi connectivity index (χ3n) is 2.48. The molecule has 84 valence electrons. The number of nitrogen functional groups attached to an aromatic ring is 1. The van der Waals surface area contributed by atoms with Crippen LogP contribution < -0.4 is 11.5 Å². The van der Waals surface area contributed by atoms with E-state index < -0.39 is 5.54 Å². The summed E-state index contributed by atoms with van der Waals surface area (Å²) in [4.78, 5) is 9.76. The van der Waals surface area contributed by atoms with Crippen molar-refractivity contribution in [1.82, 2.24) is 4.98 Å². The standard InChI is InChI=1S/C11H14N4S/c1-7-6-11(2,15-10(13)16-7)9-5-8(12)3-4-14-9/h3-5H,1,6H2,2H3,(H2,12,14)(H2,13,15)/t11-/m0/s1. The summed E-state index contributed by atoms with van der Waals surface area (Å²) in [6, 6.07) is 3.59. The maximum Gasteiger partial charge on any atom is 0.159 e. The van der Waals surface area contributed by atoms with Gasteiger partial charge in [0.05, 0.1) is 5.69 Å². The fourth-order valence-corrected chi connectivity index (χ4v) is 2.66. The number of rotatable bonds is 1. The van der Waals surface area contributed by atoms with Crippen molar-refractivity contribution in [3.05, 3.63) is 35.5 Å². The molecule has 5 heteroatoms. The van der Waals surface area contributed by atoms with Crippen LogP contribution >= 0.6 is 11.8 Å². The highest BCUT2D eigenvalue weighted by atomic mass is 32.2. The molecule has 1 aliphatic rings. The Bertz CT molecular complexity index is 469. The molecule has 0 spiro atoms. The minimum absolute atomic E-state index is 0.443. The largest absolute Gasteiger partial charge is 0.399 e. The lowest BCUT2D eigenvalue weighted by Crippen LogP contribution is -2.28. The van der Waals surface area contributed by atoms with Crippen LogP contribution in [0.2, 0.25) is 0 Å². The van der Waals surface area contributed by atoms with Crippen LogP contribution in [0.3, 0.4) is 0 Å². The van der Waals surface area contributed by atoms with E-state index in [-0.39, 0.29) is 0 Å². The van der Waals surface area contributed by atoms with Crippen LogP contribution in [0.5, 0.6) is 0 Å². The minimum Gasteiger partial charge on any atom is -0.399 e. The highest BCUT2D eigenvalue weighted by molar-refractivity contribution is 8.17. The molecule has 0 bridgehead atoms. The van der Waals surface area contributed by atoms with Gasteiger partial charge in [0.2, 0.25) is 0 Å². The monoisotopic (exact) mass is 234 g/mol. The highest BCUT2D eigenvalue weighted by Gasteiger charge is 2.32. The van der Waals surface area contributed by atoms with Gasteiger partial charge in [-0.2, -0.15) is 0 Å². The molecule has 1 atom stereocenters. The van der Waals surface area contributed by atoms with Gasteiger partial charge in [-0.3, -0.25) is 4.98 Å². The Balaban J connectivity index is 2.46. The SMILES string of the molecule is C=C1C[C@@](C)(c2cc(N)ccn2)N=C(N)S1. The Morgan fingerprint density at radius 2 is 2.25 bits per heavy atom. The average Bonchev–Trinajstić information content (AvgIpc) is 2.15. The molecule has 0 fully saturated rings. The van der Waals surface area contributed by atoms with Gasteiger partial charge in [-0.1, -0.05) is 18.3 Å². The van der Waals surface area contributed by atoms with E-state index in [4.69, 9.17) is 11.5 Å². The van der Waals surface area contributed by atoms with Crippen molar-refractivity contribution in [1.29, 1.82) is 0 Å². The normalized spacial score (nSPS) is 25.3. The van der Waals surface area contributed by atoms with Gasteiger partial charge < -0.3 is 11.5 Å². The lowest BCUT2D eigenvalue weighted by atomic mass is 9.93. The van der Waals surface area contributed by atoms with E-state index in [1.54, 1.807) is 12.3 Å². The van der Waals surface area contributed by atoms with Gasteiger partial charge in [-0.15, -0.1) is 0 Å². The fourth-order valence-electron chi connectivity index (χ4n) is 1.76. The zero-order valence-electron chi connectivity index (χ0n) is 9.10. The quantitative estimate of drug-likeness (QED) is 0.777. The first-order valence-electron chi connectivity index (χ1n) is 4.92. The van der Waals surface area contributed by atoms with Crippen molar-refractivity contribution in [2.45, 2.75) is 18.9 Å². The van der Waals surface area contributed by atoms with E-state index in [9.17, 15) is 0 Å². The van der Waals surface area contributed by atoms with Crippen LogP contribution in [0.25, 0.3) is 0 Å². The van der Waals surface area contributed by atoms with Crippen LogP contribution in [0.1, 0.15) is 19.0 Å². The molecule has 0 aliphatic carbocycles. The summed E-state index contributed by atoms with van der Waals surface area (Å²) < 4.78 is 0. The van der Waals surface area contributed by atoms with Gasteiger partial charge in [0, 0.05) is 18.3 Å². The maximum atomic E-state index is 5.77. The number of aromatic nitrogens is 1. The number of nitrogens with zero attached hydrogens (tertiary/aromatic N) is 2. The number of pyridine rings is 1. The summed E-state index contributed by atoms with van der Waals surface area (Å²) >= 11 is 1.42. The maximum absolute atomic E-state index is 5.77. The number of aliphatic imine (C=N–C) groups is 1. The van der Waals surface area contributed by atoms with Crippen LogP contribution in [-0.2, 0) is 5.54 Å². The van der Waals surface area contributed by atoms with Crippen LogP contribution in [0, 0.1) is 0 Å². The predicted octanol–water partition coefficient (Wildman–Crippen LogP) is 1.84. The molecule has 1 aromatic rings. The molecule has 16 heavy (non-hydrogen) atoms. The van der Waals surface area contributed by atoms with Gasteiger partial charge in [0.1, 0.15) is 5.54 Å². The number of amidine groups is 1. The Hall–Kier alpha value is -1.49. The molecule has 0 radical (unpaired) electrons. The molecule has 0 amide bonds. The van der Waals surface area contributed by atoms with Gasteiger partial charge in [-0.25, -0.2) is 4.99 Å². The molecule has 4 nitrogen and oxygen atoms in total. The van der Waals surface area contributed by atoms with Crippen molar-refractivity contribution in [2.75, 3.05) is 5.73 Å². The first kappa shape index (κ1) is 11.0. The Kier molecular flexibility index (Phi) is 2.63. The Labute approximate surface area is 98.8 Å². The predicted molar refractivity (Wildman–Crippen MR) is 69.0 cm³/mol. The van der Waals surface area contributed by atoms with E-state index in [1.165, 1.54) is 11.8 Å². The Morgan fingerprint density at radius 1 is 1.50 bits per heavy atom. The summed E-state index contributed by atoms with van der Waals surface area (Å²) in [5.74, 6) is 0. The van der Waals surface area contributed by atoms with Crippen molar-refractivity contribution >= 4 is 22.6 Å². The third kappa shape index (κ3) is 2.04. The molecule has 0 saturated heterocycles. The van der Waals surface area contributed by atoms with Crippen LogP contribution in [0.4, 0.5) is 5.69 Å². The van der Waals surface area contributed by atoms with Crippen molar-refractivity contribution < 1.29 is 0 Å². The van der Waals surface area contributed by atoms with Gasteiger partial charge in [-0.05, 0) is 24.0 Å². The number of nitrogens with two attached hydrogens (primary N) is 2. The van der Waals surface area contributed by atoms with E-state index in [0.29, 0.717) is 10.9 Å². The third-order valence-corrected chi connectivity index (χ3v) is 3.22. The molecule has 0 aromatic carbocycles. The number of hydrogen-bond donors (Lipinski definition) is 2. The first-order valence-corrected chi connectivity index (χ1v) is 5.74. The van der Waals surface area contributed by atoms with Crippen LogP contribution in [-0.4, -0.2) is 10.2 Å². The van der Waals surface area contributed by atoms with Crippen molar-refractivity contribution in [3.63, 3.8) is 0 Å². The Morgan fingerprint density at radius 3 is 2.88 bits per heavy atom. The fraction of sp³-hybridized carbons (Fsp3) is 0.273. The summed E-state index contributed by atoms with van der Waals surface area (Å²) in [5.41, 5.74) is 12.6. The summed E-state index contributed by atoms with van der Waals surface area (Å²) in [6.07, 6.45) is 2.42. The molecule has 1 aliphatic heterocycles. The number of thioether (sulfide) groups is 1. The molecule has 0 unspecified atom stereocenters. The molecule has 4 N–H and O–H groups in total. The topological polar surface area (TPSA) is 77.3 Å². The first-order chi connectivity index (χ1) is 7.49. The molecular weight excluding hydrogens is 220 g/mol. The summed E-state index contributed by atoms with van der Waals surface area (Å²) in [7, 11) is 0. The van der Waals surface area contributed by atoms with E-state index in [0.717, 1.165) is 17.0 Å². The zero-order chi connectivity index (χ0) is 11.8. The molecule has 2 rings (SSSR count). The van der Waals surface area contributed by atoms with E-state index in [2.05, 4.69) is 16.6 Å². The lowest BCUT2D eigenvalue weighted by molar-refractivity contribution is 0.485.